The Morgan fingerprint density at radius 3 is 2.69 bits per heavy atom. The number of carbonyl (C=O) groups is 1. The highest BCUT2D eigenvalue weighted by Crippen LogP contribution is 2.27. The molecule has 0 radical (unpaired) electrons. The fraction of sp³-hybridized carbons (Fsp3) is 0.118. The van der Waals surface area contributed by atoms with Crippen molar-refractivity contribution < 1.29 is 18.9 Å². The van der Waals surface area contributed by atoms with Crippen LogP contribution in [0.1, 0.15) is 15.9 Å². The molecule has 0 aliphatic heterocycles. The molecular weight excluding hydrogens is 358 g/mol. The van der Waals surface area contributed by atoms with Crippen LogP contribution in [0.4, 0.5) is 5.69 Å². The van der Waals surface area contributed by atoms with Gasteiger partial charge in [-0.15, -0.1) is 10.2 Å². The molecular formula is C17H13N3O5S. The minimum absolute atomic E-state index is 0.0411. The molecule has 0 saturated carbocycles. The highest BCUT2D eigenvalue weighted by molar-refractivity contribution is 7.98. The van der Waals surface area contributed by atoms with Gasteiger partial charge in [-0.3, -0.25) is 10.1 Å². The molecule has 1 aromatic heterocycles. The molecule has 0 N–H and O–H groups in total. The van der Waals surface area contributed by atoms with E-state index in [1.165, 1.54) is 31.0 Å². The lowest BCUT2D eigenvalue weighted by atomic mass is 10.1. The minimum Gasteiger partial charge on any atom is -0.465 e. The number of thioether (sulfide) groups is 1. The molecule has 0 fully saturated rings. The first-order valence-corrected chi connectivity index (χ1v) is 8.44. The van der Waals surface area contributed by atoms with E-state index in [0.29, 0.717) is 22.1 Å². The molecule has 0 unspecified atom stereocenters. The van der Waals surface area contributed by atoms with Gasteiger partial charge >= 0.3 is 5.97 Å². The van der Waals surface area contributed by atoms with Crippen LogP contribution in [-0.2, 0) is 10.5 Å². The van der Waals surface area contributed by atoms with E-state index < -0.39 is 4.92 Å². The summed E-state index contributed by atoms with van der Waals surface area (Å²) in [4.78, 5) is 21.8. The van der Waals surface area contributed by atoms with E-state index in [-0.39, 0.29) is 17.5 Å². The quantitative estimate of drug-likeness (QED) is 0.279. The first kappa shape index (κ1) is 17.6. The number of nitro benzene ring substituents is 1. The summed E-state index contributed by atoms with van der Waals surface area (Å²) in [5, 5.41) is 19.1. The SMILES string of the molecule is COC(=O)c1ccc(CSc2nnc(-c3cccc([N+](=O)[O-])c3)o2)cc1. The molecule has 3 aromatic rings. The maximum atomic E-state index is 11.4. The Kier molecular flexibility index (Phi) is 5.28. The summed E-state index contributed by atoms with van der Waals surface area (Å²) in [6, 6.07) is 13.0. The number of hydrogen-bond donors (Lipinski definition) is 0. The molecule has 3 rings (SSSR count). The maximum Gasteiger partial charge on any atom is 0.337 e. The molecule has 0 saturated heterocycles. The Morgan fingerprint density at radius 1 is 1.23 bits per heavy atom. The number of ether oxygens (including phenoxy) is 1. The molecule has 0 bridgehead atoms. The van der Waals surface area contributed by atoms with Gasteiger partial charge in [-0.2, -0.15) is 0 Å². The monoisotopic (exact) mass is 371 g/mol. The van der Waals surface area contributed by atoms with Crippen LogP contribution < -0.4 is 0 Å². The average Bonchev–Trinajstić information content (AvgIpc) is 3.15. The van der Waals surface area contributed by atoms with Gasteiger partial charge < -0.3 is 9.15 Å². The van der Waals surface area contributed by atoms with Crippen LogP contribution in [0.3, 0.4) is 0 Å². The predicted octanol–water partition coefficient (Wildman–Crippen LogP) is 3.72. The topological polar surface area (TPSA) is 108 Å². The molecule has 8 nitrogen and oxygen atoms in total. The lowest BCUT2D eigenvalue weighted by Crippen LogP contribution is -2.00. The Morgan fingerprint density at radius 2 is 2.00 bits per heavy atom. The third kappa shape index (κ3) is 4.06. The standard InChI is InChI=1S/C17H13N3O5S/c1-24-16(21)12-7-5-11(6-8-12)10-26-17-19-18-15(25-17)13-3-2-4-14(9-13)20(22)23/h2-9H,10H2,1H3. The van der Waals surface area contributed by atoms with Crippen LogP contribution in [-0.4, -0.2) is 28.2 Å². The number of nitro groups is 1. The molecule has 26 heavy (non-hydrogen) atoms. The minimum atomic E-state index is -0.479. The van der Waals surface area contributed by atoms with Crippen LogP contribution in [0.25, 0.3) is 11.5 Å². The Labute approximate surface area is 152 Å². The fourth-order valence-corrected chi connectivity index (χ4v) is 2.86. The van der Waals surface area contributed by atoms with Gasteiger partial charge in [-0.05, 0) is 23.8 Å². The molecule has 132 valence electrons. The number of nitrogens with zero attached hydrogens (tertiary/aromatic N) is 3. The van der Waals surface area contributed by atoms with Crippen molar-refractivity contribution >= 4 is 23.4 Å². The predicted molar refractivity (Wildman–Crippen MR) is 93.7 cm³/mol. The van der Waals surface area contributed by atoms with E-state index in [2.05, 4.69) is 14.9 Å². The molecule has 0 aliphatic rings. The third-order valence-corrected chi connectivity index (χ3v) is 4.34. The Bertz CT molecular complexity index is 940. The highest BCUT2D eigenvalue weighted by Gasteiger charge is 2.13. The summed E-state index contributed by atoms with van der Waals surface area (Å²) in [6.07, 6.45) is 0. The number of methoxy groups -OCH3 is 1. The van der Waals surface area contributed by atoms with E-state index in [4.69, 9.17) is 4.42 Å². The zero-order valence-electron chi connectivity index (χ0n) is 13.6. The van der Waals surface area contributed by atoms with Gasteiger partial charge in [-0.1, -0.05) is 30.0 Å². The van der Waals surface area contributed by atoms with Gasteiger partial charge in [0.2, 0.25) is 5.89 Å². The molecule has 9 heteroatoms. The number of aromatic nitrogens is 2. The van der Waals surface area contributed by atoms with E-state index in [1.807, 2.05) is 12.1 Å². The molecule has 0 aliphatic carbocycles. The van der Waals surface area contributed by atoms with Crippen molar-refractivity contribution in [3.05, 3.63) is 69.8 Å². The third-order valence-electron chi connectivity index (χ3n) is 3.45. The van der Waals surface area contributed by atoms with E-state index in [9.17, 15) is 14.9 Å². The van der Waals surface area contributed by atoms with Crippen molar-refractivity contribution in [2.75, 3.05) is 7.11 Å². The Balaban J connectivity index is 1.66. The zero-order chi connectivity index (χ0) is 18.5. The number of carbonyl (C=O) groups excluding carboxylic acids is 1. The molecule has 0 amide bonds. The summed E-state index contributed by atoms with van der Waals surface area (Å²) in [7, 11) is 1.33. The summed E-state index contributed by atoms with van der Waals surface area (Å²) in [5.41, 5.74) is 1.89. The lowest BCUT2D eigenvalue weighted by Gasteiger charge is -2.01. The summed E-state index contributed by atoms with van der Waals surface area (Å²) in [5.74, 6) is 0.401. The molecule has 2 aromatic carbocycles. The summed E-state index contributed by atoms with van der Waals surface area (Å²) in [6.45, 7) is 0. The van der Waals surface area contributed by atoms with Crippen molar-refractivity contribution in [2.45, 2.75) is 11.0 Å². The van der Waals surface area contributed by atoms with Gasteiger partial charge in [0, 0.05) is 23.4 Å². The van der Waals surface area contributed by atoms with Gasteiger partial charge in [-0.25, -0.2) is 4.79 Å². The fourth-order valence-electron chi connectivity index (χ4n) is 2.14. The van der Waals surface area contributed by atoms with Crippen LogP contribution in [0.2, 0.25) is 0 Å². The maximum absolute atomic E-state index is 11.4. The zero-order valence-corrected chi connectivity index (χ0v) is 14.4. The second-order valence-corrected chi connectivity index (χ2v) is 6.08. The molecule has 0 spiro atoms. The highest BCUT2D eigenvalue weighted by atomic mass is 32.2. The lowest BCUT2D eigenvalue weighted by molar-refractivity contribution is -0.384. The van der Waals surface area contributed by atoms with Crippen LogP contribution in [0, 0.1) is 10.1 Å². The van der Waals surface area contributed by atoms with Crippen LogP contribution in [0.5, 0.6) is 0 Å². The smallest absolute Gasteiger partial charge is 0.337 e. The van der Waals surface area contributed by atoms with Crippen molar-refractivity contribution in [1.29, 1.82) is 0 Å². The van der Waals surface area contributed by atoms with Crippen molar-refractivity contribution in [3.63, 3.8) is 0 Å². The van der Waals surface area contributed by atoms with Crippen LogP contribution >= 0.6 is 11.8 Å². The van der Waals surface area contributed by atoms with E-state index in [1.54, 1.807) is 24.3 Å². The number of hydrogen-bond acceptors (Lipinski definition) is 8. The summed E-state index contributed by atoms with van der Waals surface area (Å²) < 4.78 is 10.2. The second kappa shape index (κ2) is 7.79. The van der Waals surface area contributed by atoms with Crippen molar-refractivity contribution in [3.8, 4) is 11.5 Å². The largest absolute Gasteiger partial charge is 0.465 e. The van der Waals surface area contributed by atoms with Gasteiger partial charge in [0.1, 0.15) is 0 Å². The summed E-state index contributed by atoms with van der Waals surface area (Å²) >= 11 is 1.33. The van der Waals surface area contributed by atoms with Gasteiger partial charge in [0.25, 0.3) is 10.9 Å². The average molecular weight is 371 g/mol. The van der Waals surface area contributed by atoms with E-state index in [0.717, 1.165) is 5.56 Å². The first-order valence-electron chi connectivity index (χ1n) is 7.45. The van der Waals surface area contributed by atoms with Gasteiger partial charge in [0.15, 0.2) is 0 Å². The Hall–Kier alpha value is -3.20. The number of rotatable bonds is 6. The first-order chi connectivity index (χ1) is 12.6. The molecule has 0 atom stereocenters. The van der Waals surface area contributed by atoms with Crippen LogP contribution in [0.15, 0.2) is 58.2 Å². The number of esters is 1. The van der Waals surface area contributed by atoms with Gasteiger partial charge in [0.05, 0.1) is 17.6 Å². The molecule has 1 heterocycles. The van der Waals surface area contributed by atoms with Crippen molar-refractivity contribution in [2.24, 2.45) is 0 Å². The van der Waals surface area contributed by atoms with E-state index >= 15 is 0 Å². The van der Waals surface area contributed by atoms with Crippen molar-refractivity contribution in [1.82, 2.24) is 10.2 Å². The number of non-ortho nitro benzene ring substituents is 1. The number of benzene rings is 2. The normalized spacial score (nSPS) is 10.5. The second-order valence-electron chi connectivity index (χ2n) is 5.16.